The second kappa shape index (κ2) is 18.7. The van der Waals surface area contributed by atoms with Crippen LogP contribution in [0.15, 0.2) is 12.2 Å². The van der Waals surface area contributed by atoms with Gasteiger partial charge in [-0.3, -0.25) is 4.79 Å². The number of hydrogen-bond acceptors (Lipinski definition) is 1. The summed E-state index contributed by atoms with van der Waals surface area (Å²) in [5.74, 6) is 0. The van der Waals surface area contributed by atoms with Crippen molar-refractivity contribution in [1.29, 1.82) is 0 Å². The molecule has 0 fully saturated rings. The number of carbonyl (C=O) groups excluding carboxylic acids is 1. The highest BCUT2D eigenvalue weighted by Gasteiger charge is 1.94. The Labute approximate surface area is 143 Å². The predicted octanol–water partition coefficient (Wildman–Crippen LogP) is 7.57. The normalized spacial score (nSPS) is 11.4. The molecule has 1 nitrogen and oxygen atoms in total. The van der Waals surface area contributed by atoms with Crippen molar-refractivity contribution in [3.63, 3.8) is 0 Å². The fourth-order valence-electron chi connectivity index (χ4n) is 2.69. The summed E-state index contributed by atoms with van der Waals surface area (Å²) in [6.45, 7) is 2.28. The van der Waals surface area contributed by atoms with Crippen LogP contribution in [-0.2, 0) is 4.79 Å². The fourth-order valence-corrected chi connectivity index (χ4v) is 2.82. The molecule has 0 bridgehead atoms. The van der Waals surface area contributed by atoms with E-state index < -0.39 is 0 Å². The van der Waals surface area contributed by atoms with Crippen LogP contribution in [0.3, 0.4) is 0 Å². The van der Waals surface area contributed by atoms with Crippen molar-refractivity contribution in [2.75, 3.05) is 0 Å². The number of unbranched alkanes of at least 4 members (excludes halogenated alkanes) is 13. The molecule has 0 saturated carbocycles. The molecule has 130 valence electrons. The minimum atomic E-state index is -0.204. The summed E-state index contributed by atoms with van der Waals surface area (Å²) in [5, 5.41) is -0.204. The Morgan fingerprint density at radius 1 is 0.682 bits per heavy atom. The Morgan fingerprint density at radius 3 is 1.55 bits per heavy atom. The molecule has 0 rings (SSSR count). The van der Waals surface area contributed by atoms with E-state index in [9.17, 15) is 4.79 Å². The van der Waals surface area contributed by atoms with E-state index in [0.29, 0.717) is 6.42 Å². The second-order valence-electron chi connectivity index (χ2n) is 6.40. The van der Waals surface area contributed by atoms with Crippen LogP contribution in [0.1, 0.15) is 110 Å². The number of halogens is 1. The van der Waals surface area contributed by atoms with Crippen molar-refractivity contribution < 1.29 is 4.79 Å². The van der Waals surface area contributed by atoms with Gasteiger partial charge in [0.25, 0.3) is 0 Å². The van der Waals surface area contributed by atoms with Gasteiger partial charge in [-0.25, -0.2) is 0 Å². The first-order valence-electron chi connectivity index (χ1n) is 9.60. The smallest absolute Gasteiger partial charge is 0.221 e. The van der Waals surface area contributed by atoms with Gasteiger partial charge in [0.05, 0.1) is 0 Å². The van der Waals surface area contributed by atoms with Crippen molar-refractivity contribution in [1.82, 2.24) is 0 Å². The molecule has 0 aromatic rings. The third-order valence-electron chi connectivity index (χ3n) is 4.14. The summed E-state index contributed by atoms with van der Waals surface area (Å²) < 4.78 is 0. The predicted molar refractivity (Wildman–Crippen MR) is 99.5 cm³/mol. The van der Waals surface area contributed by atoms with Crippen LogP contribution < -0.4 is 0 Å². The van der Waals surface area contributed by atoms with Crippen molar-refractivity contribution in [3.8, 4) is 0 Å². The lowest BCUT2D eigenvalue weighted by Crippen LogP contribution is -1.84. The Morgan fingerprint density at radius 2 is 1.09 bits per heavy atom. The molecule has 22 heavy (non-hydrogen) atoms. The second-order valence-corrected chi connectivity index (χ2v) is 6.82. The minimum Gasteiger partial charge on any atom is -0.281 e. The van der Waals surface area contributed by atoms with Gasteiger partial charge in [0, 0.05) is 6.42 Å². The lowest BCUT2D eigenvalue weighted by Gasteiger charge is -2.01. The van der Waals surface area contributed by atoms with Crippen molar-refractivity contribution >= 4 is 16.8 Å². The molecule has 0 aliphatic carbocycles. The Kier molecular flexibility index (Phi) is 18.5. The Hall–Kier alpha value is -0.300. The molecular weight excluding hydrogens is 292 g/mol. The molecule has 0 heterocycles. The lowest BCUT2D eigenvalue weighted by molar-refractivity contribution is -0.111. The highest BCUT2D eigenvalue weighted by atomic mass is 35.5. The van der Waals surface area contributed by atoms with Crippen LogP contribution in [0, 0.1) is 0 Å². The molecule has 0 aromatic carbocycles. The molecule has 0 amide bonds. The largest absolute Gasteiger partial charge is 0.281 e. The summed E-state index contributed by atoms with van der Waals surface area (Å²) >= 11 is 5.29. The standard InChI is InChI=1S/C20H37ClO/c1-2-3-4-5-6-7-8-9-10-11-12-13-14-15-16-17-18-19-20(21)22/h14-15H,2-13,16-19H2,1H3/b15-14+. The third-order valence-corrected chi connectivity index (χ3v) is 4.32. The monoisotopic (exact) mass is 328 g/mol. The molecule has 0 spiro atoms. The highest BCUT2D eigenvalue weighted by Crippen LogP contribution is 2.12. The van der Waals surface area contributed by atoms with E-state index in [1.165, 1.54) is 77.0 Å². The average molecular weight is 329 g/mol. The van der Waals surface area contributed by atoms with Crippen molar-refractivity contribution in [2.45, 2.75) is 110 Å². The molecule has 0 N–H and O–H groups in total. The van der Waals surface area contributed by atoms with Gasteiger partial charge in [-0.05, 0) is 43.7 Å². The van der Waals surface area contributed by atoms with Crippen LogP contribution in [0.4, 0.5) is 0 Å². The van der Waals surface area contributed by atoms with E-state index in [2.05, 4.69) is 19.1 Å². The molecule has 0 saturated heterocycles. The molecule has 0 aliphatic heterocycles. The van der Waals surface area contributed by atoms with Crippen LogP contribution in [0.5, 0.6) is 0 Å². The zero-order chi connectivity index (χ0) is 16.3. The topological polar surface area (TPSA) is 17.1 Å². The Bertz CT molecular complexity index is 260. The number of carbonyl (C=O) groups is 1. The average Bonchev–Trinajstić information content (AvgIpc) is 2.50. The van der Waals surface area contributed by atoms with E-state index in [1.807, 2.05) is 0 Å². The summed E-state index contributed by atoms with van der Waals surface area (Å²) in [4.78, 5) is 10.6. The first-order valence-corrected chi connectivity index (χ1v) is 9.98. The van der Waals surface area contributed by atoms with E-state index in [-0.39, 0.29) is 5.24 Å². The SMILES string of the molecule is CCCCCCCCCCCCC/C=C/CCCCC(=O)Cl. The zero-order valence-corrected chi connectivity index (χ0v) is 15.5. The maximum absolute atomic E-state index is 10.6. The minimum absolute atomic E-state index is 0.204. The van der Waals surface area contributed by atoms with Gasteiger partial charge in [0.2, 0.25) is 5.24 Å². The third kappa shape index (κ3) is 19.7. The maximum Gasteiger partial charge on any atom is 0.221 e. The number of rotatable bonds is 17. The van der Waals surface area contributed by atoms with Crippen molar-refractivity contribution in [3.05, 3.63) is 12.2 Å². The van der Waals surface area contributed by atoms with Crippen molar-refractivity contribution in [2.24, 2.45) is 0 Å². The van der Waals surface area contributed by atoms with Gasteiger partial charge in [-0.2, -0.15) is 0 Å². The van der Waals surface area contributed by atoms with Gasteiger partial charge in [0.15, 0.2) is 0 Å². The molecule has 0 unspecified atom stereocenters. The van der Waals surface area contributed by atoms with Crippen LogP contribution in [0.2, 0.25) is 0 Å². The molecular formula is C20H37ClO. The van der Waals surface area contributed by atoms with Crippen LogP contribution in [-0.4, -0.2) is 5.24 Å². The first kappa shape index (κ1) is 21.7. The molecule has 0 radical (unpaired) electrons. The molecule has 0 aliphatic rings. The van der Waals surface area contributed by atoms with E-state index in [1.54, 1.807) is 0 Å². The molecule has 0 atom stereocenters. The van der Waals surface area contributed by atoms with Gasteiger partial charge in [-0.15, -0.1) is 0 Å². The lowest BCUT2D eigenvalue weighted by atomic mass is 10.1. The van der Waals surface area contributed by atoms with E-state index in [0.717, 1.165) is 19.3 Å². The summed E-state index contributed by atoms with van der Waals surface area (Å²) in [7, 11) is 0. The quantitative estimate of drug-likeness (QED) is 0.153. The Balaban J connectivity index is 3.06. The van der Waals surface area contributed by atoms with Gasteiger partial charge in [0.1, 0.15) is 0 Å². The number of allylic oxidation sites excluding steroid dienone is 2. The summed E-state index contributed by atoms with van der Waals surface area (Å²) in [6, 6.07) is 0. The summed E-state index contributed by atoms with van der Waals surface area (Å²) in [6.07, 6.45) is 24.9. The first-order chi connectivity index (χ1) is 10.8. The number of hydrogen-bond donors (Lipinski definition) is 0. The molecule has 2 heteroatoms. The van der Waals surface area contributed by atoms with E-state index >= 15 is 0 Å². The van der Waals surface area contributed by atoms with E-state index in [4.69, 9.17) is 11.6 Å². The van der Waals surface area contributed by atoms with Gasteiger partial charge >= 0.3 is 0 Å². The van der Waals surface area contributed by atoms with Gasteiger partial charge < -0.3 is 0 Å². The van der Waals surface area contributed by atoms with Crippen LogP contribution in [0.25, 0.3) is 0 Å². The van der Waals surface area contributed by atoms with Crippen LogP contribution >= 0.6 is 11.6 Å². The zero-order valence-electron chi connectivity index (χ0n) is 14.8. The highest BCUT2D eigenvalue weighted by molar-refractivity contribution is 6.63. The van der Waals surface area contributed by atoms with Gasteiger partial charge in [-0.1, -0.05) is 83.3 Å². The summed E-state index contributed by atoms with van der Waals surface area (Å²) in [5.41, 5.74) is 0. The molecule has 0 aromatic heterocycles. The maximum atomic E-state index is 10.6. The fraction of sp³-hybridized carbons (Fsp3) is 0.850.